The molecule has 82 valence electrons. The summed E-state index contributed by atoms with van der Waals surface area (Å²) in [5, 5.41) is 0. The second-order valence-electron chi connectivity index (χ2n) is 5.42. The van der Waals surface area contributed by atoms with Crippen molar-refractivity contribution in [2.75, 3.05) is 0 Å². The van der Waals surface area contributed by atoms with Crippen LogP contribution in [0.1, 0.15) is 51.5 Å². The lowest BCUT2D eigenvalue weighted by atomic mass is 9.67. The van der Waals surface area contributed by atoms with Gasteiger partial charge in [0.05, 0.1) is 0 Å². The van der Waals surface area contributed by atoms with Crippen molar-refractivity contribution in [3.8, 4) is 0 Å². The summed E-state index contributed by atoms with van der Waals surface area (Å²) in [5.74, 6) is 0.883. The molecule has 0 nitrogen and oxygen atoms in total. The van der Waals surface area contributed by atoms with Crippen LogP contribution in [0.25, 0.3) is 0 Å². The summed E-state index contributed by atoms with van der Waals surface area (Å²) in [7, 11) is 0. The van der Waals surface area contributed by atoms with Crippen LogP contribution in [0.15, 0.2) is 30.3 Å². The molecule has 1 aliphatic carbocycles. The van der Waals surface area contributed by atoms with Gasteiger partial charge in [-0.05, 0) is 29.7 Å². The van der Waals surface area contributed by atoms with E-state index in [2.05, 4.69) is 44.2 Å². The first-order valence-corrected chi connectivity index (χ1v) is 6.27. The molecule has 0 unspecified atom stereocenters. The van der Waals surface area contributed by atoms with Crippen molar-refractivity contribution >= 4 is 0 Å². The third-order valence-electron chi connectivity index (χ3n) is 4.14. The molecule has 0 spiro atoms. The fourth-order valence-electron chi connectivity index (χ4n) is 2.93. The van der Waals surface area contributed by atoms with Gasteiger partial charge in [-0.3, -0.25) is 0 Å². The van der Waals surface area contributed by atoms with Gasteiger partial charge >= 0.3 is 0 Å². The second-order valence-corrected chi connectivity index (χ2v) is 5.42. The third kappa shape index (κ3) is 2.25. The third-order valence-corrected chi connectivity index (χ3v) is 4.14. The van der Waals surface area contributed by atoms with E-state index in [0.717, 1.165) is 5.92 Å². The first-order chi connectivity index (χ1) is 7.21. The molecule has 0 aliphatic heterocycles. The van der Waals surface area contributed by atoms with Gasteiger partial charge in [-0.15, -0.1) is 0 Å². The van der Waals surface area contributed by atoms with E-state index in [0.29, 0.717) is 5.41 Å². The van der Waals surface area contributed by atoms with Crippen LogP contribution in [0.4, 0.5) is 0 Å². The van der Waals surface area contributed by atoms with Gasteiger partial charge in [0, 0.05) is 0 Å². The molecule has 0 saturated heterocycles. The lowest BCUT2D eigenvalue weighted by Gasteiger charge is -2.37. The monoisotopic (exact) mass is 202 g/mol. The van der Waals surface area contributed by atoms with Crippen LogP contribution in [-0.2, 0) is 5.41 Å². The molecule has 1 saturated carbocycles. The minimum atomic E-state index is 0.363. The maximum absolute atomic E-state index is 2.42. The summed E-state index contributed by atoms with van der Waals surface area (Å²) in [4.78, 5) is 0. The average Bonchev–Trinajstić information content (AvgIpc) is 2.31. The Morgan fingerprint density at radius 1 is 0.933 bits per heavy atom. The predicted octanol–water partition coefficient (Wildman–Crippen LogP) is 4.54. The smallest absolute Gasteiger partial charge is 0.00753 e. The van der Waals surface area contributed by atoms with Gasteiger partial charge in [0.1, 0.15) is 0 Å². The zero-order valence-corrected chi connectivity index (χ0v) is 10.00. The van der Waals surface area contributed by atoms with Crippen molar-refractivity contribution in [2.45, 2.75) is 51.4 Å². The summed E-state index contributed by atoms with van der Waals surface area (Å²) in [6, 6.07) is 11.0. The van der Waals surface area contributed by atoms with Crippen LogP contribution in [0.3, 0.4) is 0 Å². The lowest BCUT2D eigenvalue weighted by molar-refractivity contribution is 0.236. The van der Waals surface area contributed by atoms with E-state index in [4.69, 9.17) is 0 Å². The number of hydrogen-bond acceptors (Lipinski definition) is 0. The van der Waals surface area contributed by atoms with Crippen LogP contribution >= 0.6 is 0 Å². The Labute approximate surface area is 93.7 Å². The second kappa shape index (κ2) is 4.38. The molecular formula is C15H22. The Balaban J connectivity index is 2.18. The Bertz CT molecular complexity index is 291. The van der Waals surface area contributed by atoms with Crippen LogP contribution < -0.4 is 0 Å². The van der Waals surface area contributed by atoms with Gasteiger partial charge < -0.3 is 0 Å². The molecule has 0 N–H and O–H groups in total. The van der Waals surface area contributed by atoms with E-state index >= 15 is 0 Å². The van der Waals surface area contributed by atoms with Gasteiger partial charge in [-0.1, -0.05) is 63.4 Å². The van der Waals surface area contributed by atoms with E-state index in [-0.39, 0.29) is 0 Å². The molecular weight excluding hydrogens is 180 g/mol. The van der Waals surface area contributed by atoms with E-state index in [1.807, 2.05) is 0 Å². The maximum atomic E-state index is 2.42. The molecule has 1 aromatic carbocycles. The number of hydrogen-bond donors (Lipinski definition) is 0. The van der Waals surface area contributed by atoms with Crippen molar-refractivity contribution in [3.63, 3.8) is 0 Å². The van der Waals surface area contributed by atoms with Crippen molar-refractivity contribution in [3.05, 3.63) is 35.9 Å². The minimum absolute atomic E-state index is 0.363. The van der Waals surface area contributed by atoms with E-state index in [1.54, 1.807) is 0 Å². The number of benzene rings is 1. The topological polar surface area (TPSA) is 0 Å². The quantitative estimate of drug-likeness (QED) is 0.660. The predicted molar refractivity (Wildman–Crippen MR) is 66.0 cm³/mol. The Morgan fingerprint density at radius 2 is 1.53 bits per heavy atom. The zero-order chi connectivity index (χ0) is 10.7. The Hall–Kier alpha value is -0.780. The van der Waals surface area contributed by atoms with Crippen molar-refractivity contribution in [2.24, 2.45) is 5.92 Å². The Kier molecular flexibility index (Phi) is 3.14. The largest absolute Gasteiger partial charge is 0.0622 e. The average molecular weight is 202 g/mol. The highest BCUT2D eigenvalue weighted by molar-refractivity contribution is 5.24. The standard InChI is InChI=1S/C15H22/c1-15(2,13-9-5-3-6-10-13)14-11-7-4-8-12-14/h3,5-6,9-10,14H,4,7-8,11-12H2,1-2H3. The highest BCUT2D eigenvalue weighted by atomic mass is 14.4. The molecule has 0 radical (unpaired) electrons. The van der Waals surface area contributed by atoms with Crippen LogP contribution in [-0.4, -0.2) is 0 Å². The Morgan fingerprint density at radius 3 is 2.13 bits per heavy atom. The van der Waals surface area contributed by atoms with Crippen molar-refractivity contribution < 1.29 is 0 Å². The van der Waals surface area contributed by atoms with Gasteiger partial charge in [0.2, 0.25) is 0 Å². The van der Waals surface area contributed by atoms with E-state index in [9.17, 15) is 0 Å². The molecule has 0 aromatic heterocycles. The van der Waals surface area contributed by atoms with Crippen LogP contribution in [0.5, 0.6) is 0 Å². The van der Waals surface area contributed by atoms with Gasteiger partial charge in [-0.25, -0.2) is 0 Å². The SMILES string of the molecule is CC(C)(c1ccccc1)C1CCCCC1. The maximum Gasteiger partial charge on any atom is -0.00753 e. The summed E-state index contributed by atoms with van der Waals surface area (Å²) < 4.78 is 0. The summed E-state index contributed by atoms with van der Waals surface area (Å²) in [5.41, 5.74) is 1.87. The normalized spacial score (nSPS) is 19.1. The van der Waals surface area contributed by atoms with Gasteiger partial charge in [-0.2, -0.15) is 0 Å². The molecule has 1 fully saturated rings. The molecule has 0 heterocycles. The molecule has 0 heteroatoms. The first-order valence-electron chi connectivity index (χ1n) is 6.27. The molecule has 0 amide bonds. The molecule has 0 atom stereocenters. The highest BCUT2D eigenvalue weighted by Crippen LogP contribution is 2.40. The van der Waals surface area contributed by atoms with Crippen molar-refractivity contribution in [1.82, 2.24) is 0 Å². The summed E-state index contributed by atoms with van der Waals surface area (Å²) in [6.45, 7) is 4.83. The molecule has 15 heavy (non-hydrogen) atoms. The molecule has 2 rings (SSSR count). The van der Waals surface area contributed by atoms with E-state index < -0.39 is 0 Å². The molecule has 1 aromatic rings. The lowest BCUT2D eigenvalue weighted by Crippen LogP contribution is -2.30. The van der Waals surface area contributed by atoms with Crippen LogP contribution in [0.2, 0.25) is 0 Å². The fraction of sp³-hybridized carbons (Fsp3) is 0.600. The van der Waals surface area contributed by atoms with Crippen LogP contribution in [0, 0.1) is 5.92 Å². The van der Waals surface area contributed by atoms with E-state index in [1.165, 1.54) is 37.7 Å². The van der Waals surface area contributed by atoms with Crippen molar-refractivity contribution in [1.29, 1.82) is 0 Å². The summed E-state index contributed by atoms with van der Waals surface area (Å²) >= 11 is 0. The molecule has 0 bridgehead atoms. The molecule has 1 aliphatic rings. The van der Waals surface area contributed by atoms with Gasteiger partial charge in [0.25, 0.3) is 0 Å². The first kappa shape index (κ1) is 10.7. The fourth-order valence-corrected chi connectivity index (χ4v) is 2.93. The summed E-state index contributed by atoms with van der Waals surface area (Å²) in [6.07, 6.45) is 7.15. The van der Waals surface area contributed by atoms with Gasteiger partial charge in [0.15, 0.2) is 0 Å². The highest BCUT2D eigenvalue weighted by Gasteiger charge is 2.31. The minimum Gasteiger partial charge on any atom is -0.0622 e. The zero-order valence-electron chi connectivity index (χ0n) is 10.00. The number of rotatable bonds is 2.